The first kappa shape index (κ1) is 15.2. The number of ether oxygens (including phenoxy) is 1. The number of rotatable bonds is 5. The molecule has 6 heteroatoms. The number of aromatic nitrogens is 1. The second-order valence-electron chi connectivity index (χ2n) is 5.65. The molecule has 3 heterocycles. The summed E-state index contributed by atoms with van der Waals surface area (Å²) in [6.45, 7) is 5.57. The van der Waals surface area contributed by atoms with Crippen LogP contribution in [0.2, 0.25) is 0 Å². The van der Waals surface area contributed by atoms with Gasteiger partial charge in [-0.1, -0.05) is 5.16 Å². The van der Waals surface area contributed by atoms with E-state index >= 15 is 0 Å². The Kier molecular flexibility index (Phi) is 4.59. The van der Waals surface area contributed by atoms with Crippen LogP contribution in [0.4, 0.5) is 0 Å². The minimum atomic E-state index is -0.0297. The monoisotopic (exact) mass is 320 g/mol. The molecule has 1 amide bonds. The van der Waals surface area contributed by atoms with E-state index in [4.69, 9.17) is 9.26 Å². The summed E-state index contributed by atoms with van der Waals surface area (Å²) < 4.78 is 10.8. The first-order valence-electron chi connectivity index (χ1n) is 7.50. The molecule has 0 radical (unpaired) electrons. The molecule has 2 aromatic rings. The molecule has 3 rings (SSSR count). The lowest BCUT2D eigenvalue weighted by atomic mass is 10.1. The summed E-state index contributed by atoms with van der Waals surface area (Å²) in [5.41, 5.74) is 2.36. The van der Waals surface area contributed by atoms with Gasteiger partial charge in [-0.3, -0.25) is 4.79 Å². The molecule has 1 saturated heterocycles. The Morgan fingerprint density at radius 1 is 1.50 bits per heavy atom. The molecular weight excluding hydrogens is 300 g/mol. The molecule has 0 bridgehead atoms. The molecule has 118 valence electrons. The van der Waals surface area contributed by atoms with Crippen LogP contribution in [0.5, 0.6) is 0 Å². The van der Waals surface area contributed by atoms with E-state index in [2.05, 4.69) is 10.5 Å². The van der Waals surface area contributed by atoms with Crippen molar-refractivity contribution in [2.24, 2.45) is 0 Å². The molecule has 22 heavy (non-hydrogen) atoms. The molecule has 0 aromatic carbocycles. The van der Waals surface area contributed by atoms with Gasteiger partial charge in [0.25, 0.3) is 5.91 Å². The van der Waals surface area contributed by atoms with Crippen LogP contribution in [0.3, 0.4) is 0 Å². The van der Waals surface area contributed by atoms with Gasteiger partial charge in [-0.25, -0.2) is 0 Å². The van der Waals surface area contributed by atoms with Gasteiger partial charge in [-0.15, -0.1) is 0 Å². The largest absolute Gasteiger partial charge is 0.376 e. The molecule has 0 N–H and O–H groups in total. The third kappa shape index (κ3) is 3.23. The first-order chi connectivity index (χ1) is 10.6. The van der Waals surface area contributed by atoms with E-state index in [1.165, 1.54) is 0 Å². The number of thiophene rings is 1. The van der Waals surface area contributed by atoms with Crippen molar-refractivity contribution in [1.29, 1.82) is 0 Å². The average Bonchev–Trinajstić information content (AvgIpc) is 3.22. The Labute approximate surface area is 133 Å². The summed E-state index contributed by atoms with van der Waals surface area (Å²) in [5, 5.41) is 8.00. The Hall–Kier alpha value is -1.66. The van der Waals surface area contributed by atoms with Gasteiger partial charge in [0.1, 0.15) is 11.3 Å². The molecule has 1 aliphatic rings. The number of carbonyl (C=O) groups is 1. The van der Waals surface area contributed by atoms with Crippen LogP contribution < -0.4 is 0 Å². The first-order valence-corrected chi connectivity index (χ1v) is 8.44. The molecule has 0 unspecified atom stereocenters. The third-order valence-corrected chi connectivity index (χ3v) is 4.67. The summed E-state index contributed by atoms with van der Waals surface area (Å²) in [5.74, 6) is 0.545. The van der Waals surface area contributed by atoms with E-state index in [1.807, 2.05) is 16.3 Å². The maximum atomic E-state index is 12.9. The second-order valence-corrected chi connectivity index (χ2v) is 6.43. The van der Waals surface area contributed by atoms with Crippen molar-refractivity contribution in [3.8, 4) is 0 Å². The predicted octanol–water partition coefficient (Wildman–Crippen LogP) is 3.17. The van der Waals surface area contributed by atoms with Crippen LogP contribution >= 0.6 is 11.3 Å². The highest BCUT2D eigenvalue weighted by molar-refractivity contribution is 7.07. The van der Waals surface area contributed by atoms with Crippen LogP contribution in [-0.4, -0.2) is 35.2 Å². The van der Waals surface area contributed by atoms with E-state index in [1.54, 1.807) is 25.2 Å². The molecule has 1 aliphatic heterocycles. The van der Waals surface area contributed by atoms with Gasteiger partial charge < -0.3 is 14.2 Å². The van der Waals surface area contributed by atoms with Gasteiger partial charge in [-0.2, -0.15) is 11.3 Å². The molecule has 5 nitrogen and oxygen atoms in total. The van der Waals surface area contributed by atoms with Crippen LogP contribution in [0.1, 0.15) is 40.2 Å². The smallest absolute Gasteiger partial charge is 0.259 e. The van der Waals surface area contributed by atoms with Crippen LogP contribution in [0.15, 0.2) is 21.3 Å². The normalized spacial score (nSPS) is 17.8. The lowest BCUT2D eigenvalue weighted by Crippen LogP contribution is -2.37. The molecule has 1 fully saturated rings. The summed E-state index contributed by atoms with van der Waals surface area (Å²) in [6.07, 6.45) is 2.20. The van der Waals surface area contributed by atoms with Gasteiger partial charge in [-0.05, 0) is 49.1 Å². The van der Waals surface area contributed by atoms with Crippen molar-refractivity contribution >= 4 is 17.2 Å². The predicted molar refractivity (Wildman–Crippen MR) is 84.0 cm³/mol. The molecule has 0 saturated carbocycles. The topological polar surface area (TPSA) is 55.6 Å². The van der Waals surface area contributed by atoms with E-state index in [0.29, 0.717) is 30.1 Å². The summed E-state index contributed by atoms with van der Waals surface area (Å²) >= 11 is 1.64. The van der Waals surface area contributed by atoms with Crippen molar-refractivity contribution < 1.29 is 14.1 Å². The maximum Gasteiger partial charge on any atom is 0.259 e. The fourth-order valence-electron chi connectivity index (χ4n) is 2.80. The number of nitrogens with zero attached hydrogens (tertiary/aromatic N) is 2. The molecule has 1 atom stereocenters. The highest BCUT2D eigenvalue weighted by Crippen LogP contribution is 2.21. The van der Waals surface area contributed by atoms with Gasteiger partial charge in [0.2, 0.25) is 0 Å². The minimum absolute atomic E-state index is 0.0297. The third-order valence-electron chi connectivity index (χ3n) is 3.94. The number of carbonyl (C=O) groups excluding carboxylic acids is 1. The van der Waals surface area contributed by atoms with Crippen molar-refractivity contribution in [2.75, 3.05) is 13.2 Å². The van der Waals surface area contributed by atoms with Gasteiger partial charge in [0.15, 0.2) is 0 Å². The molecule has 0 spiro atoms. The van der Waals surface area contributed by atoms with Crippen LogP contribution in [0, 0.1) is 13.8 Å². The van der Waals surface area contributed by atoms with Crippen LogP contribution in [0.25, 0.3) is 0 Å². The van der Waals surface area contributed by atoms with E-state index < -0.39 is 0 Å². The van der Waals surface area contributed by atoms with Crippen LogP contribution in [-0.2, 0) is 11.3 Å². The Balaban J connectivity index is 1.81. The lowest BCUT2D eigenvalue weighted by Gasteiger charge is -2.25. The van der Waals surface area contributed by atoms with E-state index in [9.17, 15) is 4.79 Å². The number of aryl methyl sites for hydroxylation is 2. The highest BCUT2D eigenvalue weighted by atomic mass is 32.1. The lowest BCUT2D eigenvalue weighted by molar-refractivity contribution is 0.0505. The zero-order valence-electron chi connectivity index (χ0n) is 12.9. The van der Waals surface area contributed by atoms with E-state index in [0.717, 1.165) is 25.0 Å². The van der Waals surface area contributed by atoms with Crippen molar-refractivity contribution in [3.63, 3.8) is 0 Å². The quantitative estimate of drug-likeness (QED) is 0.849. The number of hydrogen-bond donors (Lipinski definition) is 0. The van der Waals surface area contributed by atoms with E-state index in [-0.39, 0.29) is 12.0 Å². The van der Waals surface area contributed by atoms with Crippen molar-refractivity contribution in [3.05, 3.63) is 39.4 Å². The van der Waals surface area contributed by atoms with Gasteiger partial charge in [0, 0.05) is 19.7 Å². The summed E-state index contributed by atoms with van der Waals surface area (Å²) in [4.78, 5) is 14.8. The fourth-order valence-corrected chi connectivity index (χ4v) is 3.46. The summed E-state index contributed by atoms with van der Waals surface area (Å²) in [6, 6.07) is 2.05. The molecular formula is C16H20N2O3S. The molecule has 0 aliphatic carbocycles. The summed E-state index contributed by atoms with van der Waals surface area (Å²) in [7, 11) is 0. The zero-order valence-corrected chi connectivity index (χ0v) is 13.7. The fraction of sp³-hybridized carbons (Fsp3) is 0.500. The number of amides is 1. The average molecular weight is 320 g/mol. The Bertz CT molecular complexity index is 610. The Morgan fingerprint density at radius 3 is 2.95 bits per heavy atom. The van der Waals surface area contributed by atoms with Gasteiger partial charge >= 0.3 is 0 Å². The minimum Gasteiger partial charge on any atom is -0.376 e. The molecule has 2 aromatic heterocycles. The maximum absolute atomic E-state index is 12.9. The van der Waals surface area contributed by atoms with Crippen molar-refractivity contribution in [2.45, 2.75) is 39.3 Å². The van der Waals surface area contributed by atoms with Crippen molar-refractivity contribution in [1.82, 2.24) is 10.1 Å². The second kappa shape index (κ2) is 6.62. The number of hydrogen-bond acceptors (Lipinski definition) is 5. The highest BCUT2D eigenvalue weighted by Gasteiger charge is 2.27. The zero-order chi connectivity index (χ0) is 15.5. The Morgan fingerprint density at radius 2 is 2.36 bits per heavy atom. The standard InChI is InChI=1S/C16H20N2O3S/c1-11-15(12(2)21-17-11)16(19)18(8-13-5-7-22-10-13)9-14-4-3-6-20-14/h5,7,10,14H,3-4,6,8-9H2,1-2H3/t14-/m1/s1. The van der Waals surface area contributed by atoms with Gasteiger partial charge in [0.05, 0.1) is 11.8 Å². The SMILES string of the molecule is Cc1noc(C)c1C(=O)N(Cc1ccsc1)C[C@H]1CCCO1.